The summed E-state index contributed by atoms with van der Waals surface area (Å²) in [6, 6.07) is 25.3. The third-order valence-corrected chi connectivity index (χ3v) is 8.36. The minimum Gasteiger partial charge on any atom is -0.324 e. The zero-order valence-corrected chi connectivity index (χ0v) is 23.7. The standard InChI is InChI=1S/C31H32N10/c1-34-18-17-25-29(34)35(2)21-39(25)27-16-10-15-26(32-27)38-20-19-36(3)41-30-28(33-31(38)41)40(22-11-6-5-7-12-22)24-14-9-8-13-23(24)37(30)4/h5-16,18,21H,17,19-20H2,1-4H3/q+2. The van der Waals surface area contributed by atoms with Gasteiger partial charge in [0.1, 0.15) is 26.1 Å². The highest BCUT2D eigenvalue weighted by Gasteiger charge is 2.39. The minimum absolute atomic E-state index is 0.777. The molecule has 3 aliphatic rings. The number of benzene rings is 2. The quantitative estimate of drug-likeness (QED) is 0.320. The number of pyridine rings is 1. The summed E-state index contributed by atoms with van der Waals surface area (Å²) in [5.74, 6) is 5.76. The van der Waals surface area contributed by atoms with E-state index in [2.05, 4.69) is 152 Å². The molecule has 0 fully saturated rings. The molecule has 204 valence electrons. The van der Waals surface area contributed by atoms with E-state index in [0.717, 1.165) is 65.8 Å². The molecule has 5 aromatic rings. The first-order valence-electron chi connectivity index (χ1n) is 13.9. The van der Waals surface area contributed by atoms with Gasteiger partial charge < -0.3 is 9.91 Å². The van der Waals surface area contributed by atoms with E-state index in [0.29, 0.717) is 0 Å². The van der Waals surface area contributed by atoms with Crippen LogP contribution in [0, 0.1) is 0 Å². The lowest BCUT2D eigenvalue weighted by Crippen LogP contribution is -2.45. The SMILES string of the molecule is CN1c2ccccc2N(c2ccccc2)c2nc3n(c21)N(C)CCN3c1cccc(-n2c[n+](C)c3c2CC=[N+]3C)n1. The average Bonchev–Trinajstić information content (AvgIpc) is 3.68. The smallest absolute Gasteiger partial charge is 0.324 e. The lowest BCUT2D eigenvalue weighted by Gasteiger charge is -2.39. The maximum absolute atomic E-state index is 5.35. The Morgan fingerprint density at radius 3 is 2.37 bits per heavy atom. The molecule has 0 saturated carbocycles. The molecule has 0 atom stereocenters. The van der Waals surface area contributed by atoms with E-state index in [1.165, 1.54) is 11.5 Å². The number of hydrogen-bond acceptors (Lipinski definition) is 6. The highest BCUT2D eigenvalue weighted by Crippen LogP contribution is 2.52. The Morgan fingerprint density at radius 2 is 1.54 bits per heavy atom. The Bertz CT molecular complexity index is 1850. The Balaban J connectivity index is 1.28. The first-order valence-corrected chi connectivity index (χ1v) is 13.9. The Labute approximate surface area is 238 Å². The number of hydrogen-bond donors (Lipinski definition) is 0. The molecule has 10 nitrogen and oxygen atoms in total. The van der Waals surface area contributed by atoms with E-state index in [-0.39, 0.29) is 0 Å². The molecule has 0 bridgehead atoms. The number of nitrogens with zero attached hydrogens (tertiary/aromatic N) is 10. The van der Waals surface area contributed by atoms with Gasteiger partial charge in [-0.1, -0.05) is 36.4 Å². The molecule has 0 amide bonds. The summed E-state index contributed by atoms with van der Waals surface area (Å²) < 4.78 is 8.78. The van der Waals surface area contributed by atoms with Gasteiger partial charge in [-0.25, -0.2) is 9.25 Å². The zero-order chi connectivity index (χ0) is 27.8. The van der Waals surface area contributed by atoms with Crippen LogP contribution < -0.4 is 24.3 Å². The molecule has 2 aromatic carbocycles. The molecule has 0 saturated heterocycles. The molecule has 0 aliphatic carbocycles. The van der Waals surface area contributed by atoms with Crippen LogP contribution in [0.4, 0.5) is 46.3 Å². The number of para-hydroxylation sites is 3. The average molecular weight is 545 g/mol. The number of fused-ring (bicyclic) bond motifs is 5. The lowest BCUT2D eigenvalue weighted by atomic mass is 10.1. The Hall–Kier alpha value is -5.12. The van der Waals surface area contributed by atoms with Gasteiger partial charge in [-0.05, 0) is 30.3 Å². The number of likely N-dealkylation sites (N-methyl/N-ethyl adjacent to an activating group) is 1. The van der Waals surface area contributed by atoms with Crippen molar-refractivity contribution in [3.8, 4) is 5.82 Å². The summed E-state index contributed by atoms with van der Waals surface area (Å²) in [6.07, 6.45) is 5.21. The molecular weight excluding hydrogens is 512 g/mol. The van der Waals surface area contributed by atoms with E-state index in [1.807, 2.05) is 0 Å². The van der Waals surface area contributed by atoms with E-state index >= 15 is 0 Å². The number of anilines is 7. The van der Waals surface area contributed by atoms with E-state index < -0.39 is 0 Å². The predicted octanol–water partition coefficient (Wildman–Crippen LogP) is 4.06. The summed E-state index contributed by atoms with van der Waals surface area (Å²) in [7, 11) is 8.44. The largest absolute Gasteiger partial charge is 0.391 e. The number of imidazole rings is 2. The van der Waals surface area contributed by atoms with Crippen molar-refractivity contribution in [1.82, 2.24) is 19.2 Å². The number of rotatable bonds is 3. The van der Waals surface area contributed by atoms with E-state index in [4.69, 9.17) is 9.97 Å². The third kappa shape index (κ3) is 3.36. The van der Waals surface area contributed by atoms with Crippen molar-refractivity contribution < 1.29 is 9.14 Å². The van der Waals surface area contributed by atoms with E-state index in [1.54, 1.807) is 0 Å². The summed E-state index contributed by atoms with van der Waals surface area (Å²) >= 11 is 0. The second-order valence-electron chi connectivity index (χ2n) is 10.8. The van der Waals surface area contributed by atoms with Crippen LogP contribution in [0.25, 0.3) is 5.82 Å². The highest BCUT2D eigenvalue weighted by atomic mass is 15.7. The molecule has 10 heteroatoms. The highest BCUT2D eigenvalue weighted by molar-refractivity contribution is 5.96. The first kappa shape index (κ1) is 23.7. The topological polar surface area (TPSA) is 55.5 Å². The molecule has 3 aliphatic heterocycles. The van der Waals surface area contributed by atoms with Crippen molar-refractivity contribution in [3.05, 3.63) is 84.8 Å². The summed E-state index contributed by atoms with van der Waals surface area (Å²) in [5, 5.41) is 2.25. The van der Waals surface area contributed by atoms with Gasteiger partial charge in [-0.3, -0.25) is 9.80 Å². The maximum Gasteiger partial charge on any atom is 0.391 e. The van der Waals surface area contributed by atoms with Crippen molar-refractivity contribution in [2.75, 3.05) is 53.9 Å². The van der Waals surface area contributed by atoms with Gasteiger partial charge in [0.2, 0.25) is 5.95 Å². The van der Waals surface area contributed by atoms with Gasteiger partial charge in [0.25, 0.3) is 11.5 Å². The van der Waals surface area contributed by atoms with Gasteiger partial charge >= 0.3 is 12.1 Å². The van der Waals surface area contributed by atoms with Crippen molar-refractivity contribution in [2.24, 2.45) is 7.05 Å². The first-order chi connectivity index (χ1) is 20.0. The van der Waals surface area contributed by atoms with Gasteiger partial charge in [0, 0.05) is 32.4 Å². The van der Waals surface area contributed by atoms with Crippen molar-refractivity contribution in [2.45, 2.75) is 6.42 Å². The second kappa shape index (κ2) is 8.69. The Morgan fingerprint density at radius 1 is 0.780 bits per heavy atom. The van der Waals surface area contributed by atoms with Crippen LogP contribution in [0.2, 0.25) is 0 Å². The fraction of sp³-hybridized carbons (Fsp3) is 0.226. The molecule has 0 radical (unpaired) electrons. The maximum atomic E-state index is 5.35. The van der Waals surface area contributed by atoms with Crippen LogP contribution >= 0.6 is 0 Å². The number of aromatic nitrogens is 5. The third-order valence-electron chi connectivity index (χ3n) is 8.36. The monoisotopic (exact) mass is 544 g/mol. The van der Waals surface area contributed by atoms with Crippen molar-refractivity contribution in [1.29, 1.82) is 0 Å². The molecular formula is C31H32N10+2. The van der Waals surface area contributed by atoms with Gasteiger partial charge in [-0.15, -0.1) is 4.57 Å². The van der Waals surface area contributed by atoms with Crippen molar-refractivity contribution >= 4 is 52.5 Å². The second-order valence-corrected chi connectivity index (χ2v) is 10.8. The van der Waals surface area contributed by atoms with Crippen LogP contribution in [0.15, 0.2) is 79.1 Å². The van der Waals surface area contributed by atoms with Crippen LogP contribution in [-0.2, 0) is 13.5 Å². The molecule has 6 heterocycles. The van der Waals surface area contributed by atoms with Crippen molar-refractivity contribution in [3.63, 3.8) is 0 Å². The summed E-state index contributed by atoms with van der Waals surface area (Å²) in [4.78, 5) is 17.3. The predicted molar refractivity (Wildman–Crippen MR) is 161 cm³/mol. The van der Waals surface area contributed by atoms with Gasteiger partial charge in [-0.2, -0.15) is 14.5 Å². The summed E-state index contributed by atoms with van der Waals surface area (Å²) in [5.41, 5.74) is 4.56. The molecule has 0 N–H and O–H groups in total. The van der Waals surface area contributed by atoms with Gasteiger partial charge in [0.05, 0.1) is 24.3 Å². The molecule has 8 rings (SSSR count). The fourth-order valence-electron chi connectivity index (χ4n) is 6.43. The summed E-state index contributed by atoms with van der Waals surface area (Å²) in [6.45, 7) is 1.61. The molecule has 0 spiro atoms. The zero-order valence-electron chi connectivity index (χ0n) is 23.7. The van der Waals surface area contributed by atoms with Crippen LogP contribution in [0.1, 0.15) is 5.69 Å². The minimum atomic E-state index is 0.777. The molecule has 41 heavy (non-hydrogen) atoms. The fourth-order valence-corrected chi connectivity index (χ4v) is 6.43. The van der Waals surface area contributed by atoms with Crippen LogP contribution in [-0.4, -0.2) is 64.2 Å². The lowest BCUT2D eigenvalue weighted by molar-refractivity contribution is -0.715. The van der Waals surface area contributed by atoms with E-state index in [9.17, 15) is 0 Å². The normalized spacial score (nSPS) is 15.5. The van der Waals surface area contributed by atoms with Crippen LogP contribution in [0.5, 0.6) is 0 Å². The van der Waals surface area contributed by atoms with Crippen LogP contribution in [0.3, 0.4) is 0 Å². The Kier molecular flexibility index (Phi) is 5.03. The molecule has 3 aromatic heterocycles. The number of aryl methyl sites for hydroxylation is 1. The molecule has 0 unspecified atom stereocenters. The van der Waals surface area contributed by atoms with Gasteiger partial charge in [0.15, 0.2) is 11.6 Å².